The van der Waals surface area contributed by atoms with E-state index in [1.165, 1.54) is 6.92 Å². The standard InChI is InChI=1S/C8H15NO2/c1-3-4-5-8(6-10)9-7(2)11/h6,8H,3-5H2,1-2H3,(H,9,11)/t8-/m0/s1. The molecule has 0 spiro atoms. The molecule has 0 aliphatic rings. The lowest BCUT2D eigenvalue weighted by molar-refractivity contribution is -0.122. The normalized spacial score (nSPS) is 12.2. The van der Waals surface area contributed by atoms with Crippen LogP contribution in [-0.2, 0) is 9.59 Å². The molecular formula is C8H15NO2. The lowest BCUT2D eigenvalue weighted by Gasteiger charge is -2.09. The van der Waals surface area contributed by atoms with Crippen LogP contribution < -0.4 is 5.32 Å². The third kappa shape index (κ3) is 5.58. The molecule has 0 aliphatic heterocycles. The first-order valence-electron chi connectivity index (χ1n) is 3.93. The monoisotopic (exact) mass is 157 g/mol. The van der Waals surface area contributed by atoms with Crippen LogP contribution in [0.2, 0.25) is 0 Å². The van der Waals surface area contributed by atoms with Gasteiger partial charge in [0.2, 0.25) is 5.91 Å². The van der Waals surface area contributed by atoms with E-state index in [-0.39, 0.29) is 11.9 Å². The van der Waals surface area contributed by atoms with Gasteiger partial charge in [0.15, 0.2) is 0 Å². The van der Waals surface area contributed by atoms with E-state index in [2.05, 4.69) is 12.2 Å². The first-order valence-corrected chi connectivity index (χ1v) is 3.93. The fourth-order valence-corrected chi connectivity index (χ4v) is 0.859. The molecule has 0 aromatic heterocycles. The second kappa shape index (κ2) is 5.89. The molecule has 1 amide bonds. The van der Waals surface area contributed by atoms with Gasteiger partial charge in [-0.3, -0.25) is 4.79 Å². The van der Waals surface area contributed by atoms with Crippen molar-refractivity contribution in [2.24, 2.45) is 0 Å². The van der Waals surface area contributed by atoms with Gasteiger partial charge in [0.1, 0.15) is 6.29 Å². The quantitative estimate of drug-likeness (QED) is 0.602. The van der Waals surface area contributed by atoms with Crippen molar-refractivity contribution in [2.45, 2.75) is 39.2 Å². The third-order valence-corrected chi connectivity index (χ3v) is 1.42. The molecule has 0 saturated heterocycles. The van der Waals surface area contributed by atoms with Crippen LogP contribution in [0.25, 0.3) is 0 Å². The van der Waals surface area contributed by atoms with Gasteiger partial charge < -0.3 is 10.1 Å². The Bertz CT molecular complexity index is 134. The molecule has 0 heterocycles. The fourth-order valence-electron chi connectivity index (χ4n) is 0.859. The van der Waals surface area contributed by atoms with Crippen molar-refractivity contribution in [3.63, 3.8) is 0 Å². The molecule has 3 nitrogen and oxygen atoms in total. The highest BCUT2D eigenvalue weighted by Gasteiger charge is 2.05. The zero-order valence-corrected chi connectivity index (χ0v) is 7.09. The molecule has 3 heteroatoms. The average molecular weight is 157 g/mol. The molecule has 0 unspecified atom stereocenters. The van der Waals surface area contributed by atoms with Crippen LogP contribution in [0.4, 0.5) is 0 Å². The maximum absolute atomic E-state index is 10.5. The summed E-state index contributed by atoms with van der Waals surface area (Å²) in [7, 11) is 0. The Morgan fingerprint density at radius 2 is 2.27 bits per heavy atom. The van der Waals surface area contributed by atoms with Gasteiger partial charge in [-0.2, -0.15) is 0 Å². The summed E-state index contributed by atoms with van der Waals surface area (Å²) in [5.41, 5.74) is 0. The number of rotatable bonds is 5. The first-order chi connectivity index (χ1) is 5.20. The summed E-state index contributed by atoms with van der Waals surface area (Å²) in [4.78, 5) is 20.8. The van der Waals surface area contributed by atoms with Crippen LogP contribution in [0.15, 0.2) is 0 Å². The molecule has 64 valence electrons. The summed E-state index contributed by atoms with van der Waals surface area (Å²) in [5, 5.41) is 2.56. The topological polar surface area (TPSA) is 46.2 Å². The maximum Gasteiger partial charge on any atom is 0.217 e. The highest BCUT2D eigenvalue weighted by atomic mass is 16.2. The Kier molecular flexibility index (Phi) is 5.43. The molecule has 0 saturated carbocycles. The predicted octanol–water partition coefficient (Wildman–Crippen LogP) is 0.880. The fraction of sp³-hybridized carbons (Fsp3) is 0.750. The van der Waals surface area contributed by atoms with E-state index >= 15 is 0 Å². The van der Waals surface area contributed by atoms with E-state index in [1.807, 2.05) is 0 Å². The van der Waals surface area contributed by atoms with Crippen molar-refractivity contribution in [1.29, 1.82) is 0 Å². The van der Waals surface area contributed by atoms with Gasteiger partial charge in [0.05, 0.1) is 6.04 Å². The minimum atomic E-state index is -0.285. The molecule has 0 aliphatic carbocycles. The van der Waals surface area contributed by atoms with Crippen molar-refractivity contribution < 1.29 is 9.59 Å². The van der Waals surface area contributed by atoms with Crippen molar-refractivity contribution >= 4 is 12.2 Å². The van der Waals surface area contributed by atoms with Crippen LogP contribution in [0.1, 0.15) is 33.1 Å². The molecule has 1 N–H and O–H groups in total. The van der Waals surface area contributed by atoms with Gasteiger partial charge in [-0.15, -0.1) is 0 Å². The molecule has 0 aromatic carbocycles. The number of unbranched alkanes of at least 4 members (excludes halogenated alkanes) is 1. The van der Waals surface area contributed by atoms with E-state index in [1.54, 1.807) is 0 Å². The van der Waals surface area contributed by atoms with Crippen molar-refractivity contribution in [2.75, 3.05) is 0 Å². The Labute approximate surface area is 67.2 Å². The largest absolute Gasteiger partial charge is 0.347 e. The van der Waals surface area contributed by atoms with Crippen LogP contribution in [-0.4, -0.2) is 18.2 Å². The second-order valence-corrected chi connectivity index (χ2v) is 2.59. The van der Waals surface area contributed by atoms with E-state index in [0.717, 1.165) is 25.5 Å². The number of carbonyl (C=O) groups excluding carboxylic acids is 2. The zero-order valence-electron chi connectivity index (χ0n) is 7.09. The highest BCUT2D eigenvalue weighted by Crippen LogP contribution is 1.97. The van der Waals surface area contributed by atoms with Crippen LogP contribution in [0.3, 0.4) is 0 Å². The third-order valence-electron chi connectivity index (χ3n) is 1.42. The SMILES string of the molecule is CCCC[C@@H](C=O)NC(C)=O. The Morgan fingerprint density at radius 3 is 2.64 bits per heavy atom. The number of aldehydes is 1. The van der Waals surface area contributed by atoms with Gasteiger partial charge in [0.25, 0.3) is 0 Å². The molecule has 0 aromatic rings. The van der Waals surface area contributed by atoms with Crippen LogP contribution in [0, 0.1) is 0 Å². The van der Waals surface area contributed by atoms with Gasteiger partial charge in [-0.05, 0) is 6.42 Å². The average Bonchev–Trinajstić information content (AvgIpc) is 1.97. The van der Waals surface area contributed by atoms with E-state index in [4.69, 9.17) is 0 Å². The molecule has 0 bridgehead atoms. The highest BCUT2D eigenvalue weighted by molar-refractivity contribution is 5.77. The number of amides is 1. The summed E-state index contributed by atoms with van der Waals surface area (Å²) >= 11 is 0. The predicted molar refractivity (Wildman–Crippen MR) is 43.2 cm³/mol. The zero-order chi connectivity index (χ0) is 8.69. The molecular weight excluding hydrogens is 142 g/mol. The van der Waals surface area contributed by atoms with E-state index < -0.39 is 0 Å². The second-order valence-electron chi connectivity index (χ2n) is 2.59. The van der Waals surface area contributed by atoms with Crippen molar-refractivity contribution in [3.05, 3.63) is 0 Å². The van der Waals surface area contributed by atoms with Gasteiger partial charge >= 0.3 is 0 Å². The van der Waals surface area contributed by atoms with Crippen LogP contribution >= 0.6 is 0 Å². The van der Waals surface area contributed by atoms with Gasteiger partial charge in [0, 0.05) is 6.92 Å². The molecule has 11 heavy (non-hydrogen) atoms. The summed E-state index contributed by atoms with van der Waals surface area (Å²) in [6, 6.07) is -0.285. The summed E-state index contributed by atoms with van der Waals surface area (Å²) in [5.74, 6) is -0.141. The number of hydrogen-bond acceptors (Lipinski definition) is 2. The maximum atomic E-state index is 10.5. The van der Waals surface area contributed by atoms with E-state index in [9.17, 15) is 9.59 Å². The lowest BCUT2D eigenvalue weighted by Crippen LogP contribution is -2.34. The first kappa shape index (κ1) is 10.1. The Balaban J connectivity index is 3.57. The lowest BCUT2D eigenvalue weighted by atomic mass is 10.1. The summed E-state index contributed by atoms with van der Waals surface area (Å²) in [6.45, 7) is 3.47. The molecule has 1 atom stereocenters. The number of carbonyl (C=O) groups is 2. The summed E-state index contributed by atoms with van der Waals surface area (Å²) in [6.07, 6.45) is 3.56. The molecule has 0 radical (unpaired) electrons. The smallest absolute Gasteiger partial charge is 0.217 e. The van der Waals surface area contributed by atoms with Gasteiger partial charge in [-0.25, -0.2) is 0 Å². The van der Waals surface area contributed by atoms with Crippen molar-refractivity contribution in [1.82, 2.24) is 5.32 Å². The van der Waals surface area contributed by atoms with Crippen molar-refractivity contribution in [3.8, 4) is 0 Å². The number of hydrogen-bond donors (Lipinski definition) is 1. The molecule has 0 fully saturated rings. The van der Waals surface area contributed by atoms with Gasteiger partial charge in [-0.1, -0.05) is 19.8 Å². The van der Waals surface area contributed by atoms with E-state index in [0.29, 0.717) is 0 Å². The van der Waals surface area contributed by atoms with Crippen LogP contribution in [0.5, 0.6) is 0 Å². The molecule has 0 rings (SSSR count). The Morgan fingerprint density at radius 1 is 1.64 bits per heavy atom. The Hall–Kier alpha value is -0.860. The minimum absolute atomic E-state index is 0.141. The minimum Gasteiger partial charge on any atom is -0.347 e. The number of nitrogens with one attached hydrogen (secondary N) is 1. The summed E-state index contributed by atoms with van der Waals surface area (Å²) < 4.78 is 0.